The second kappa shape index (κ2) is 23.7. The van der Waals surface area contributed by atoms with Gasteiger partial charge in [-0.25, -0.2) is 0 Å². The van der Waals surface area contributed by atoms with Gasteiger partial charge in [-0.05, 0) is 197 Å². The van der Waals surface area contributed by atoms with Crippen LogP contribution in [-0.2, 0) is 0 Å². The Morgan fingerprint density at radius 1 is 0.125 bits per heavy atom. The standard InChI is InChI=1S/C92H62N4/c1-3-27-73(28-4-1)93(89-35-15-23-65-19-7-11-31-85(65)89)77-51-55-81-69(59-77)39-41-71-61-79(53-57-83(71)81)95(91-37-17-25-67-21-9-13-33-87(67)91)75-47-43-63(44-48-75)64-45-49-76(50-46-64)96(92-38-18-26-68-22-10-14-34-88(68)92)80-54-58-84-72(62-80)42-40-70-60-78(52-56-82(70)84)94(74-29-5-2-6-30-74)90-36-16-24-66-20-8-12-32-86(66)90/h1-62H. The fourth-order valence-corrected chi connectivity index (χ4v) is 14.7. The van der Waals surface area contributed by atoms with Crippen LogP contribution in [0.1, 0.15) is 0 Å². The highest BCUT2D eigenvalue weighted by Crippen LogP contribution is 2.47. The summed E-state index contributed by atoms with van der Waals surface area (Å²) in [6.07, 6.45) is 0. The molecule has 18 rings (SSSR count). The van der Waals surface area contributed by atoms with Crippen LogP contribution in [0.2, 0.25) is 0 Å². The topological polar surface area (TPSA) is 13.0 Å². The van der Waals surface area contributed by atoms with Crippen molar-refractivity contribution < 1.29 is 0 Å². The molecule has 0 saturated heterocycles. The normalized spacial score (nSPS) is 11.5. The van der Waals surface area contributed by atoms with Crippen LogP contribution < -0.4 is 19.6 Å². The van der Waals surface area contributed by atoms with Crippen LogP contribution in [0.15, 0.2) is 376 Å². The van der Waals surface area contributed by atoms with Crippen molar-refractivity contribution in [2.45, 2.75) is 0 Å². The molecule has 96 heavy (non-hydrogen) atoms. The van der Waals surface area contributed by atoms with Gasteiger partial charge in [0, 0.05) is 67.0 Å². The third kappa shape index (κ3) is 9.95. The molecule has 0 unspecified atom stereocenters. The number of hydrogen-bond acceptors (Lipinski definition) is 4. The minimum atomic E-state index is 1.08. The first kappa shape index (κ1) is 56.0. The molecular formula is C92H62N4. The quantitative estimate of drug-likeness (QED) is 0.107. The molecule has 4 heteroatoms. The second-order valence-corrected chi connectivity index (χ2v) is 24.9. The zero-order valence-corrected chi connectivity index (χ0v) is 52.6. The zero-order chi connectivity index (χ0) is 63.5. The van der Waals surface area contributed by atoms with E-state index in [9.17, 15) is 0 Å². The van der Waals surface area contributed by atoms with Crippen LogP contribution in [0.4, 0.5) is 68.2 Å². The highest BCUT2D eigenvalue weighted by Gasteiger charge is 2.22. The Morgan fingerprint density at radius 3 is 0.615 bits per heavy atom. The summed E-state index contributed by atoms with van der Waals surface area (Å²) in [7, 11) is 0. The van der Waals surface area contributed by atoms with E-state index in [2.05, 4.69) is 396 Å². The molecule has 450 valence electrons. The largest absolute Gasteiger partial charge is 0.310 e. The van der Waals surface area contributed by atoms with Crippen LogP contribution in [0.3, 0.4) is 0 Å². The van der Waals surface area contributed by atoms with Crippen molar-refractivity contribution in [1.82, 2.24) is 0 Å². The summed E-state index contributed by atoms with van der Waals surface area (Å²) < 4.78 is 0. The van der Waals surface area contributed by atoms with Gasteiger partial charge < -0.3 is 19.6 Å². The van der Waals surface area contributed by atoms with E-state index >= 15 is 0 Å². The highest BCUT2D eigenvalue weighted by atomic mass is 15.2. The molecule has 0 aliphatic carbocycles. The van der Waals surface area contributed by atoms with E-state index in [1.54, 1.807) is 0 Å². The first-order valence-corrected chi connectivity index (χ1v) is 33.0. The van der Waals surface area contributed by atoms with Gasteiger partial charge in [0.05, 0.1) is 22.7 Å². The van der Waals surface area contributed by atoms with Gasteiger partial charge in [0.15, 0.2) is 0 Å². The van der Waals surface area contributed by atoms with Crippen molar-refractivity contribution in [3.63, 3.8) is 0 Å². The van der Waals surface area contributed by atoms with E-state index < -0.39 is 0 Å². The molecule has 0 N–H and O–H groups in total. The molecule has 4 nitrogen and oxygen atoms in total. The molecule has 0 aromatic heterocycles. The van der Waals surface area contributed by atoms with Crippen LogP contribution in [0.5, 0.6) is 0 Å². The van der Waals surface area contributed by atoms with Crippen LogP contribution in [0, 0.1) is 0 Å². The molecule has 18 aromatic rings. The molecule has 18 aromatic carbocycles. The molecule has 0 bridgehead atoms. The molecular weight excluding hydrogens is 1160 g/mol. The van der Waals surface area contributed by atoms with Gasteiger partial charge in [0.2, 0.25) is 0 Å². The van der Waals surface area contributed by atoms with Crippen LogP contribution in [0.25, 0.3) is 97.3 Å². The Morgan fingerprint density at radius 2 is 0.344 bits per heavy atom. The molecule has 0 spiro atoms. The van der Waals surface area contributed by atoms with Gasteiger partial charge in [-0.1, -0.05) is 255 Å². The van der Waals surface area contributed by atoms with Crippen molar-refractivity contribution >= 4 is 154 Å². The minimum absolute atomic E-state index is 1.08. The number of anilines is 12. The van der Waals surface area contributed by atoms with Gasteiger partial charge in [0.25, 0.3) is 0 Å². The summed E-state index contributed by atoms with van der Waals surface area (Å²) in [5, 5.41) is 19.2. The predicted molar refractivity (Wildman–Crippen MR) is 411 cm³/mol. The first-order valence-electron chi connectivity index (χ1n) is 33.0. The molecule has 0 atom stereocenters. The molecule has 0 fully saturated rings. The molecule has 0 aliphatic heterocycles. The summed E-state index contributed by atoms with van der Waals surface area (Å²) in [5.41, 5.74) is 15.6. The molecule has 0 saturated carbocycles. The number of hydrogen-bond donors (Lipinski definition) is 0. The average Bonchev–Trinajstić information content (AvgIpc) is 0.773. The Bertz CT molecular complexity index is 5590. The Balaban J connectivity index is 0.682. The van der Waals surface area contributed by atoms with Gasteiger partial charge >= 0.3 is 0 Å². The lowest BCUT2D eigenvalue weighted by molar-refractivity contribution is 1.30. The van der Waals surface area contributed by atoms with Gasteiger partial charge in [-0.15, -0.1) is 0 Å². The van der Waals surface area contributed by atoms with Crippen molar-refractivity contribution in [2.75, 3.05) is 19.6 Å². The lowest BCUT2D eigenvalue weighted by Crippen LogP contribution is -2.11. The first-order chi connectivity index (χ1) is 47.6. The Labute approximate surface area is 557 Å². The Hall–Kier alpha value is -12.8. The van der Waals surface area contributed by atoms with E-state index in [-0.39, 0.29) is 0 Å². The minimum Gasteiger partial charge on any atom is -0.310 e. The van der Waals surface area contributed by atoms with E-state index in [0.717, 1.165) is 79.4 Å². The molecule has 0 aliphatic rings. The van der Waals surface area contributed by atoms with Crippen molar-refractivity contribution in [3.8, 4) is 11.1 Å². The second-order valence-electron chi connectivity index (χ2n) is 24.9. The van der Waals surface area contributed by atoms with E-state index in [0.29, 0.717) is 0 Å². The van der Waals surface area contributed by atoms with Gasteiger partial charge in [-0.3, -0.25) is 0 Å². The maximum atomic E-state index is 2.42. The van der Waals surface area contributed by atoms with Gasteiger partial charge in [-0.2, -0.15) is 0 Å². The van der Waals surface area contributed by atoms with Crippen molar-refractivity contribution in [3.05, 3.63) is 376 Å². The maximum Gasteiger partial charge on any atom is 0.0540 e. The number of fused-ring (bicyclic) bond motifs is 10. The molecule has 0 amide bonds. The summed E-state index contributed by atoms with van der Waals surface area (Å²) >= 11 is 0. The fraction of sp³-hybridized carbons (Fsp3) is 0. The summed E-state index contributed by atoms with van der Waals surface area (Å²) in [4.78, 5) is 9.61. The fourth-order valence-electron chi connectivity index (χ4n) is 14.7. The summed E-state index contributed by atoms with van der Waals surface area (Å²) in [6, 6.07) is 138. The van der Waals surface area contributed by atoms with E-state index in [1.807, 2.05) is 0 Å². The average molecular weight is 1220 g/mol. The van der Waals surface area contributed by atoms with Crippen LogP contribution >= 0.6 is 0 Å². The van der Waals surface area contributed by atoms with Crippen molar-refractivity contribution in [1.29, 1.82) is 0 Å². The monoisotopic (exact) mass is 1220 g/mol. The third-order valence-corrected chi connectivity index (χ3v) is 19.3. The number of para-hydroxylation sites is 2. The SMILES string of the molecule is c1ccc(N(c2ccc3c(ccc4cc(N(c5ccc(-c6ccc(N(c7ccc8c(ccc9cc(N(c%10ccccc%10)c%10cccc%11ccccc%10%11)ccc98)c7)c7cccc8ccccc78)cc6)cc5)c5cccc6ccccc56)ccc43)c2)c2cccc3ccccc23)cc1. The smallest absolute Gasteiger partial charge is 0.0540 e. The van der Waals surface area contributed by atoms with Crippen molar-refractivity contribution in [2.24, 2.45) is 0 Å². The van der Waals surface area contributed by atoms with E-state index in [4.69, 9.17) is 0 Å². The van der Waals surface area contributed by atoms with Crippen LogP contribution in [-0.4, -0.2) is 0 Å². The Kier molecular flexibility index (Phi) is 13.8. The lowest BCUT2D eigenvalue weighted by Gasteiger charge is -2.28. The number of benzene rings is 18. The summed E-state index contributed by atoms with van der Waals surface area (Å²) in [6.45, 7) is 0. The van der Waals surface area contributed by atoms with Gasteiger partial charge in [0.1, 0.15) is 0 Å². The summed E-state index contributed by atoms with van der Waals surface area (Å²) in [5.74, 6) is 0. The predicted octanol–water partition coefficient (Wildman–Crippen LogP) is 26.5. The highest BCUT2D eigenvalue weighted by molar-refractivity contribution is 6.13. The number of nitrogens with zero attached hydrogens (tertiary/aromatic N) is 4. The zero-order valence-electron chi connectivity index (χ0n) is 52.6. The maximum absolute atomic E-state index is 2.42. The van der Waals surface area contributed by atoms with E-state index in [1.165, 1.54) is 86.2 Å². The molecule has 0 heterocycles. The number of rotatable bonds is 13. The third-order valence-electron chi connectivity index (χ3n) is 19.3. The lowest BCUT2D eigenvalue weighted by atomic mass is 9.99. The molecule has 0 radical (unpaired) electrons.